The van der Waals surface area contributed by atoms with Gasteiger partial charge in [0, 0.05) is 17.8 Å². The van der Waals surface area contributed by atoms with E-state index in [0.29, 0.717) is 12.2 Å². The van der Waals surface area contributed by atoms with Gasteiger partial charge in [-0.25, -0.2) is 0 Å². The fourth-order valence-electron chi connectivity index (χ4n) is 2.96. The number of amides is 1. The van der Waals surface area contributed by atoms with Crippen LogP contribution in [0.3, 0.4) is 0 Å². The molecule has 1 aromatic carbocycles. The predicted octanol–water partition coefficient (Wildman–Crippen LogP) is 1.95. The van der Waals surface area contributed by atoms with Crippen LogP contribution in [-0.2, 0) is 16.1 Å². The molecule has 0 spiro atoms. The van der Waals surface area contributed by atoms with Crippen molar-refractivity contribution in [2.24, 2.45) is 11.8 Å². The van der Waals surface area contributed by atoms with E-state index >= 15 is 0 Å². The third kappa shape index (κ3) is 3.29. The van der Waals surface area contributed by atoms with Crippen molar-refractivity contribution in [3.8, 4) is 5.75 Å². The third-order valence-electron chi connectivity index (χ3n) is 4.30. The summed E-state index contributed by atoms with van der Waals surface area (Å²) in [7, 11) is 1.60. The molecule has 3 N–H and O–H groups in total. The Balaban J connectivity index is 2.03. The summed E-state index contributed by atoms with van der Waals surface area (Å²) in [5.74, 6) is 0.834. The molecule has 0 radical (unpaired) electrons. The zero-order chi connectivity index (χ0) is 15.6. The van der Waals surface area contributed by atoms with Gasteiger partial charge in [0.25, 0.3) is 0 Å². The second-order valence-electron chi connectivity index (χ2n) is 5.72. The van der Waals surface area contributed by atoms with Gasteiger partial charge in [-0.3, -0.25) is 4.79 Å². The first-order chi connectivity index (χ1) is 9.93. The molecule has 0 saturated carbocycles. The Morgan fingerprint density at radius 3 is 2.62 bits per heavy atom. The van der Waals surface area contributed by atoms with Gasteiger partial charge in [0.15, 0.2) is 0 Å². The maximum Gasteiger partial charge on any atom is 0.226 e. The molecule has 1 aliphatic heterocycles. The van der Waals surface area contributed by atoms with Gasteiger partial charge in [-0.05, 0) is 38.0 Å². The van der Waals surface area contributed by atoms with Crippen LogP contribution in [-0.4, -0.2) is 25.2 Å². The lowest BCUT2D eigenvalue weighted by atomic mass is 9.89. The summed E-state index contributed by atoms with van der Waals surface area (Å²) in [6, 6.07) is 5.41. The molecule has 1 fully saturated rings. The lowest BCUT2D eigenvalue weighted by molar-refractivity contribution is -0.127. The number of methoxy groups -OCH3 is 1. The average Bonchev–Trinajstić information content (AvgIpc) is 2.70. The molecule has 0 aliphatic carbocycles. The SMILES string of the molecule is COc1ccc(N)cc1CNC(=O)C1C(C)OC(C)C1C. The van der Waals surface area contributed by atoms with E-state index in [1.165, 1.54) is 0 Å². The Morgan fingerprint density at radius 1 is 1.33 bits per heavy atom. The zero-order valence-corrected chi connectivity index (χ0v) is 13.1. The minimum Gasteiger partial charge on any atom is -0.496 e. The second kappa shape index (κ2) is 6.35. The fourth-order valence-corrected chi connectivity index (χ4v) is 2.96. The van der Waals surface area contributed by atoms with Crippen LogP contribution in [0.2, 0.25) is 0 Å². The molecule has 1 saturated heterocycles. The highest BCUT2D eigenvalue weighted by molar-refractivity contribution is 5.80. The summed E-state index contributed by atoms with van der Waals surface area (Å²) in [5, 5.41) is 2.97. The Kier molecular flexibility index (Phi) is 4.73. The number of hydrogen-bond donors (Lipinski definition) is 2. The van der Waals surface area contributed by atoms with Crippen LogP contribution in [0.5, 0.6) is 5.75 Å². The molecule has 0 bridgehead atoms. The Labute approximate surface area is 125 Å². The molecule has 1 amide bonds. The van der Waals surface area contributed by atoms with Crippen LogP contribution in [0.15, 0.2) is 18.2 Å². The lowest BCUT2D eigenvalue weighted by Gasteiger charge is -2.18. The van der Waals surface area contributed by atoms with Crippen molar-refractivity contribution in [2.45, 2.75) is 39.5 Å². The summed E-state index contributed by atoms with van der Waals surface area (Å²) >= 11 is 0. The van der Waals surface area contributed by atoms with Gasteiger partial charge < -0.3 is 20.5 Å². The van der Waals surface area contributed by atoms with Crippen LogP contribution in [0, 0.1) is 11.8 Å². The van der Waals surface area contributed by atoms with E-state index < -0.39 is 0 Å². The summed E-state index contributed by atoms with van der Waals surface area (Å²) in [4.78, 5) is 12.4. The number of anilines is 1. The van der Waals surface area contributed by atoms with E-state index in [-0.39, 0.29) is 30.0 Å². The van der Waals surface area contributed by atoms with Crippen molar-refractivity contribution < 1.29 is 14.3 Å². The van der Waals surface area contributed by atoms with E-state index in [1.807, 2.05) is 26.0 Å². The highest BCUT2D eigenvalue weighted by Gasteiger charge is 2.41. The Bertz CT molecular complexity index is 518. The monoisotopic (exact) mass is 292 g/mol. The van der Waals surface area contributed by atoms with E-state index in [0.717, 1.165) is 11.3 Å². The number of nitrogens with one attached hydrogen (secondary N) is 1. The van der Waals surface area contributed by atoms with Crippen molar-refractivity contribution in [2.75, 3.05) is 12.8 Å². The maximum atomic E-state index is 12.4. The molecule has 2 rings (SSSR count). The number of hydrogen-bond acceptors (Lipinski definition) is 4. The molecule has 0 aromatic heterocycles. The topological polar surface area (TPSA) is 73.6 Å². The van der Waals surface area contributed by atoms with E-state index in [1.54, 1.807) is 13.2 Å². The first kappa shape index (κ1) is 15.6. The maximum absolute atomic E-state index is 12.4. The Hall–Kier alpha value is -1.75. The van der Waals surface area contributed by atoms with Crippen molar-refractivity contribution in [3.63, 3.8) is 0 Å². The molecular formula is C16H24N2O3. The van der Waals surface area contributed by atoms with Gasteiger partial charge in [-0.15, -0.1) is 0 Å². The number of rotatable bonds is 4. The largest absolute Gasteiger partial charge is 0.496 e. The van der Waals surface area contributed by atoms with Crippen LogP contribution < -0.4 is 15.8 Å². The first-order valence-electron chi connectivity index (χ1n) is 7.29. The van der Waals surface area contributed by atoms with Gasteiger partial charge in [0.05, 0.1) is 25.2 Å². The molecule has 1 aliphatic rings. The smallest absolute Gasteiger partial charge is 0.226 e. The van der Waals surface area contributed by atoms with E-state index in [9.17, 15) is 4.79 Å². The van der Waals surface area contributed by atoms with Gasteiger partial charge in [0.2, 0.25) is 5.91 Å². The molecule has 4 unspecified atom stereocenters. The summed E-state index contributed by atoms with van der Waals surface area (Å²) in [6.45, 7) is 6.41. The number of benzene rings is 1. The van der Waals surface area contributed by atoms with Crippen molar-refractivity contribution in [1.82, 2.24) is 5.32 Å². The van der Waals surface area contributed by atoms with Crippen molar-refractivity contribution in [1.29, 1.82) is 0 Å². The highest BCUT2D eigenvalue weighted by atomic mass is 16.5. The van der Waals surface area contributed by atoms with E-state index in [4.69, 9.17) is 15.2 Å². The zero-order valence-electron chi connectivity index (χ0n) is 13.1. The summed E-state index contributed by atoms with van der Waals surface area (Å²) < 4.78 is 11.0. The first-order valence-corrected chi connectivity index (χ1v) is 7.29. The molecule has 5 nitrogen and oxygen atoms in total. The number of nitrogen functional groups attached to an aromatic ring is 1. The van der Waals surface area contributed by atoms with Crippen LogP contribution in [0.4, 0.5) is 5.69 Å². The molecule has 5 heteroatoms. The highest BCUT2D eigenvalue weighted by Crippen LogP contribution is 2.32. The van der Waals surface area contributed by atoms with Gasteiger partial charge in [-0.2, -0.15) is 0 Å². The molecule has 21 heavy (non-hydrogen) atoms. The number of nitrogens with two attached hydrogens (primary N) is 1. The average molecular weight is 292 g/mol. The predicted molar refractivity (Wildman–Crippen MR) is 81.9 cm³/mol. The van der Waals surface area contributed by atoms with Crippen molar-refractivity contribution >= 4 is 11.6 Å². The van der Waals surface area contributed by atoms with E-state index in [2.05, 4.69) is 12.2 Å². The standard InChI is InChI=1S/C16H24N2O3/c1-9-10(2)21-11(3)15(9)16(19)18-8-12-7-13(17)5-6-14(12)20-4/h5-7,9-11,15H,8,17H2,1-4H3,(H,18,19). The number of carbonyl (C=O) groups is 1. The quantitative estimate of drug-likeness (QED) is 0.832. The fraction of sp³-hybridized carbons (Fsp3) is 0.562. The van der Waals surface area contributed by atoms with Gasteiger partial charge in [-0.1, -0.05) is 6.92 Å². The molecule has 4 atom stereocenters. The molecular weight excluding hydrogens is 268 g/mol. The number of carbonyl (C=O) groups excluding carboxylic acids is 1. The minimum atomic E-state index is -0.118. The van der Waals surface area contributed by atoms with Gasteiger partial charge in [0.1, 0.15) is 5.75 Å². The molecule has 1 aromatic rings. The van der Waals surface area contributed by atoms with Gasteiger partial charge >= 0.3 is 0 Å². The summed E-state index contributed by atoms with van der Waals surface area (Å²) in [5.41, 5.74) is 7.31. The number of ether oxygens (including phenoxy) is 2. The van der Waals surface area contributed by atoms with Crippen LogP contribution >= 0.6 is 0 Å². The lowest BCUT2D eigenvalue weighted by Crippen LogP contribution is -2.37. The minimum absolute atomic E-state index is 0.0174. The Morgan fingerprint density at radius 2 is 2.05 bits per heavy atom. The molecule has 1 heterocycles. The third-order valence-corrected chi connectivity index (χ3v) is 4.30. The normalized spacial score (nSPS) is 28.4. The van der Waals surface area contributed by atoms with Crippen LogP contribution in [0.25, 0.3) is 0 Å². The summed E-state index contributed by atoms with van der Waals surface area (Å²) in [6.07, 6.45) is 0.0513. The van der Waals surface area contributed by atoms with Crippen molar-refractivity contribution in [3.05, 3.63) is 23.8 Å². The second-order valence-corrected chi connectivity index (χ2v) is 5.72. The van der Waals surface area contributed by atoms with Crippen LogP contribution in [0.1, 0.15) is 26.3 Å². The molecule has 116 valence electrons.